The Morgan fingerprint density at radius 3 is 2.29 bits per heavy atom. The van der Waals surface area contributed by atoms with Crippen LogP contribution in [-0.4, -0.2) is 0 Å². The maximum atomic E-state index is 14.1. The largest absolute Gasteiger partial charge is 0.208 e. The summed E-state index contributed by atoms with van der Waals surface area (Å²) in [5, 5.41) is 0. The summed E-state index contributed by atoms with van der Waals surface area (Å²) in [7, 11) is 0. The first-order valence-corrected chi connectivity index (χ1v) is 7.14. The Kier molecular flexibility index (Phi) is 5.01. The Morgan fingerprint density at radius 1 is 1.10 bits per heavy atom. The van der Waals surface area contributed by atoms with Crippen LogP contribution in [0.3, 0.4) is 0 Å². The van der Waals surface area contributed by atoms with E-state index in [1.807, 2.05) is 6.92 Å². The van der Waals surface area contributed by atoms with E-state index in [1.165, 1.54) is 0 Å². The molecule has 116 valence electrons. The highest BCUT2D eigenvalue weighted by molar-refractivity contribution is 5.61. The van der Waals surface area contributed by atoms with E-state index in [0.717, 1.165) is 19.3 Å². The molecule has 1 fully saturated rings. The first-order valence-electron chi connectivity index (χ1n) is 7.14. The molecule has 0 radical (unpaired) electrons. The number of hydrogen-bond acceptors (Lipinski definition) is 0. The van der Waals surface area contributed by atoms with Gasteiger partial charge in [0.25, 0.3) is 0 Å². The zero-order valence-corrected chi connectivity index (χ0v) is 11.7. The van der Waals surface area contributed by atoms with Crippen LogP contribution in [0.2, 0.25) is 0 Å². The molecule has 1 saturated carbocycles. The highest BCUT2D eigenvalue weighted by Gasteiger charge is 2.30. The second-order valence-electron chi connectivity index (χ2n) is 5.58. The molecule has 1 aromatic carbocycles. The van der Waals surface area contributed by atoms with E-state index in [0.29, 0.717) is 30.9 Å². The van der Waals surface area contributed by atoms with Gasteiger partial charge >= 0.3 is 0 Å². The molecule has 2 atom stereocenters. The zero-order chi connectivity index (χ0) is 15.6. The summed E-state index contributed by atoms with van der Waals surface area (Å²) in [6, 6.07) is 0.956. The Labute approximate surface area is 120 Å². The zero-order valence-electron chi connectivity index (χ0n) is 11.7. The average molecular weight is 304 g/mol. The third kappa shape index (κ3) is 3.44. The van der Waals surface area contributed by atoms with Crippen molar-refractivity contribution in [3.05, 3.63) is 41.0 Å². The SMILES string of the molecule is CCCC1CCC(/C(F)=C(\F)c2cc(F)c(F)c(F)c2)C1. The number of allylic oxidation sites excluding steroid dienone is 1. The van der Waals surface area contributed by atoms with Gasteiger partial charge in [0.1, 0.15) is 5.83 Å². The van der Waals surface area contributed by atoms with Crippen molar-refractivity contribution in [2.24, 2.45) is 11.8 Å². The first kappa shape index (κ1) is 16.0. The van der Waals surface area contributed by atoms with Crippen molar-refractivity contribution in [3.63, 3.8) is 0 Å². The predicted molar refractivity (Wildman–Crippen MR) is 71.2 cm³/mol. The van der Waals surface area contributed by atoms with Gasteiger partial charge < -0.3 is 0 Å². The minimum absolute atomic E-state index is 0.361. The third-order valence-corrected chi connectivity index (χ3v) is 4.04. The molecule has 0 heterocycles. The van der Waals surface area contributed by atoms with E-state index in [2.05, 4.69) is 0 Å². The van der Waals surface area contributed by atoms with Crippen LogP contribution >= 0.6 is 0 Å². The van der Waals surface area contributed by atoms with E-state index in [1.54, 1.807) is 0 Å². The van der Waals surface area contributed by atoms with Gasteiger partial charge in [0.15, 0.2) is 23.3 Å². The molecule has 0 nitrogen and oxygen atoms in total. The van der Waals surface area contributed by atoms with Crippen molar-refractivity contribution >= 4 is 5.83 Å². The molecule has 1 aliphatic carbocycles. The lowest BCUT2D eigenvalue weighted by Gasteiger charge is -2.10. The Hall–Kier alpha value is -1.39. The molecule has 1 aromatic rings. The van der Waals surface area contributed by atoms with Crippen LogP contribution in [0.15, 0.2) is 18.0 Å². The fourth-order valence-corrected chi connectivity index (χ4v) is 2.97. The van der Waals surface area contributed by atoms with E-state index in [-0.39, 0.29) is 0 Å². The topological polar surface area (TPSA) is 0 Å². The Bertz CT molecular complexity index is 527. The lowest BCUT2D eigenvalue weighted by atomic mass is 9.98. The molecule has 0 saturated heterocycles. The molecule has 0 amide bonds. The van der Waals surface area contributed by atoms with Gasteiger partial charge in [-0.3, -0.25) is 0 Å². The molecule has 21 heavy (non-hydrogen) atoms. The fraction of sp³-hybridized carbons (Fsp3) is 0.500. The van der Waals surface area contributed by atoms with Gasteiger partial charge in [-0.15, -0.1) is 0 Å². The van der Waals surface area contributed by atoms with Gasteiger partial charge in [-0.05, 0) is 37.3 Å². The summed E-state index contributed by atoms with van der Waals surface area (Å²) < 4.78 is 67.1. The van der Waals surface area contributed by atoms with E-state index in [9.17, 15) is 22.0 Å². The summed E-state index contributed by atoms with van der Waals surface area (Å²) in [5.41, 5.74) is -0.595. The molecular formula is C16H17F5. The maximum Gasteiger partial charge on any atom is 0.194 e. The molecule has 0 aliphatic heterocycles. The van der Waals surface area contributed by atoms with Gasteiger partial charge in [0, 0.05) is 11.5 Å². The van der Waals surface area contributed by atoms with Gasteiger partial charge in [-0.25, -0.2) is 22.0 Å². The molecule has 2 rings (SSSR count). The van der Waals surface area contributed by atoms with Crippen LogP contribution in [0.25, 0.3) is 5.83 Å². The lowest BCUT2D eigenvalue weighted by molar-refractivity contribution is 0.428. The summed E-state index contributed by atoms with van der Waals surface area (Å²) >= 11 is 0. The van der Waals surface area contributed by atoms with Crippen molar-refractivity contribution in [3.8, 4) is 0 Å². The highest BCUT2D eigenvalue weighted by Crippen LogP contribution is 2.41. The van der Waals surface area contributed by atoms with Crippen molar-refractivity contribution in [2.45, 2.75) is 39.0 Å². The minimum Gasteiger partial charge on any atom is -0.208 e. The average Bonchev–Trinajstić information content (AvgIpc) is 2.91. The normalized spacial score (nSPS) is 23.3. The second kappa shape index (κ2) is 6.58. The van der Waals surface area contributed by atoms with Crippen LogP contribution in [-0.2, 0) is 0 Å². The Balaban J connectivity index is 2.23. The second-order valence-corrected chi connectivity index (χ2v) is 5.58. The van der Waals surface area contributed by atoms with Crippen molar-refractivity contribution in [1.29, 1.82) is 0 Å². The summed E-state index contributed by atoms with van der Waals surface area (Å²) in [6.07, 6.45) is 3.84. The molecule has 1 aliphatic rings. The van der Waals surface area contributed by atoms with E-state index >= 15 is 0 Å². The van der Waals surface area contributed by atoms with Gasteiger partial charge in [-0.2, -0.15) is 0 Å². The quantitative estimate of drug-likeness (QED) is 0.478. The van der Waals surface area contributed by atoms with Crippen LogP contribution in [0.4, 0.5) is 22.0 Å². The summed E-state index contributed by atoms with van der Waals surface area (Å²) in [5.74, 6) is -7.21. The van der Waals surface area contributed by atoms with E-state index < -0.39 is 40.6 Å². The molecule has 0 aromatic heterocycles. The minimum atomic E-state index is -1.68. The van der Waals surface area contributed by atoms with Crippen LogP contribution in [0.1, 0.15) is 44.6 Å². The summed E-state index contributed by atoms with van der Waals surface area (Å²) in [6.45, 7) is 2.03. The molecular weight excluding hydrogens is 287 g/mol. The van der Waals surface area contributed by atoms with Crippen LogP contribution in [0, 0.1) is 29.3 Å². The Morgan fingerprint density at radius 2 is 1.71 bits per heavy atom. The molecule has 0 spiro atoms. The molecule has 0 N–H and O–H groups in total. The van der Waals surface area contributed by atoms with Gasteiger partial charge in [0.05, 0.1) is 0 Å². The monoisotopic (exact) mass is 304 g/mol. The molecule has 5 heteroatoms. The highest BCUT2D eigenvalue weighted by atomic mass is 19.2. The maximum absolute atomic E-state index is 14.1. The van der Waals surface area contributed by atoms with Crippen molar-refractivity contribution < 1.29 is 22.0 Å². The molecule has 2 unspecified atom stereocenters. The number of hydrogen-bond donors (Lipinski definition) is 0. The van der Waals surface area contributed by atoms with Crippen LogP contribution in [0.5, 0.6) is 0 Å². The number of rotatable bonds is 4. The summed E-state index contributed by atoms with van der Waals surface area (Å²) in [4.78, 5) is 0. The molecule has 0 bridgehead atoms. The standard InChI is InChI=1S/C16H17F5/c1-2-3-9-4-5-10(6-9)14(19)15(20)11-7-12(17)16(21)13(18)8-11/h7-10H,2-6H2,1H3/b15-14+. The van der Waals surface area contributed by atoms with Gasteiger partial charge in [0.2, 0.25) is 0 Å². The van der Waals surface area contributed by atoms with Crippen LogP contribution < -0.4 is 0 Å². The van der Waals surface area contributed by atoms with E-state index in [4.69, 9.17) is 0 Å². The smallest absolute Gasteiger partial charge is 0.194 e. The fourth-order valence-electron chi connectivity index (χ4n) is 2.97. The van der Waals surface area contributed by atoms with Crippen molar-refractivity contribution in [2.75, 3.05) is 0 Å². The first-order chi connectivity index (χ1) is 9.93. The van der Waals surface area contributed by atoms with Crippen molar-refractivity contribution in [1.82, 2.24) is 0 Å². The van der Waals surface area contributed by atoms with Gasteiger partial charge in [-0.1, -0.05) is 19.8 Å². The number of halogens is 5. The third-order valence-electron chi connectivity index (χ3n) is 4.04. The lowest BCUT2D eigenvalue weighted by Crippen LogP contribution is -2.00. The number of benzene rings is 1. The predicted octanol–water partition coefficient (Wildman–Crippen LogP) is 5.93.